The first-order valence-corrected chi connectivity index (χ1v) is 7.05. The number of hydrogen-bond acceptors (Lipinski definition) is 3. The van der Waals surface area contributed by atoms with E-state index < -0.39 is 5.97 Å². The Morgan fingerprint density at radius 2 is 2.10 bits per heavy atom. The lowest BCUT2D eigenvalue weighted by atomic mass is 10.1. The number of carbonyl (C=O) groups is 3. The van der Waals surface area contributed by atoms with E-state index in [0.29, 0.717) is 32.0 Å². The monoisotopic (exact) mass is 284 g/mol. The lowest BCUT2D eigenvalue weighted by Gasteiger charge is -2.22. The van der Waals surface area contributed by atoms with Gasteiger partial charge in [0.05, 0.1) is 5.92 Å². The van der Waals surface area contributed by atoms with Crippen molar-refractivity contribution in [2.24, 2.45) is 11.8 Å². The van der Waals surface area contributed by atoms with Crippen LogP contribution in [-0.4, -0.2) is 59.4 Å². The van der Waals surface area contributed by atoms with Gasteiger partial charge in [0.2, 0.25) is 11.8 Å². The van der Waals surface area contributed by atoms with Gasteiger partial charge >= 0.3 is 5.97 Å². The van der Waals surface area contributed by atoms with E-state index in [-0.39, 0.29) is 30.6 Å². The van der Waals surface area contributed by atoms with Crippen LogP contribution in [0.15, 0.2) is 0 Å². The zero-order valence-electron chi connectivity index (χ0n) is 12.5. The van der Waals surface area contributed by atoms with Crippen molar-refractivity contribution in [2.45, 2.75) is 33.1 Å². The second-order valence-corrected chi connectivity index (χ2v) is 5.85. The van der Waals surface area contributed by atoms with Crippen molar-refractivity contribution in [3.8, 4) is 0 Å². The molecule has 0 saturated carbocycles. The summed E-state index contributed by atoms with van der Waals surface area (Å²) < 4.78 is 0. The van der Waals surface area contributed by atoms with Crippen LogP contribution in [0.2, 0.25) is 0 Å². The van der Waals surface area contributed by atoms with Gasteiger partial charge < -0.3 is 14.9 Å². The first-order valence-electron chi connectivity index (χ1n) is 7.05. The molecule has 6 heteroatoms. The Labute approximate surface area is 119 Å². The summed E-state index contributed by atoms with van der Waals surface area (Å²) in [5.74, 6) is -0.770. The first kappa shape index (κ1) is 16.5. The van der Waals surface area contributed by atoms with Gasteiger partial charge in [0.1, 0.15) is 0 Å². The SMILES string of the molecule is CC(C)CN1CC(C(=O)N(C)CCCC(=O)O)CC1=O. The largest absolute Gasteiger partial charge is 0.481 e. The fourth-order valence-corrected chi connectivity index (χ4v) is 2.44. The molecule has 0 aromatic rings. The Kier molecular flexibility index (Phi) is 5.98. The van der Waals surface area contributed by atoms with Gasteiger partial charge in [-0.05, 0) is 12.3 Å². The molecule has 1 atom stereocenters. The lowest BCUT2D eigenvalue weighted by Crippen LogP contribution is -2.36. The van der Waals surface area contributed by atoms with Gasteiger partial charge in [0.25, 0.3) is 0 Å². The second-order valence-electron chi connectivity index (χ2n) is 5.85. The molecule has 1 saturated heterocycles. The molecule has 20 heavy (non-hydrogen) atoms. The molecule has 6 nitrogen and oxygen atoms in total. The molecule has 0 spiro atoms. The molecule has 1 aliphatic heterocycles. The third-order valence-corrected chi connectivity index (χ3v) is 3.41. The molecule has 114 valence electrons. The maximum atomic E-state index is 12.2. The minimum absolute atomic E-state index is 0.0379. The summed E-state index contributed by atoms with van der Waals surface area (Å²) in [7, 11) is 1.67. The molecule has 0 bridgehead atoms. The summed E-state index contributed by atoms with van der Waals surface area (Å²) in [6.45, 7) is 5.67. The predicted molar refractivity (Wildman–Crippen MR) is 74.0 cm³/mol. The number of nitrogens with zero attached hydrogens (tertiary/aromatic N) is 2. The van der Waals surface area contributed by atoms with Crippen LogP contribution in [-0.2, 0) is 14.4 Å². The van der Waals surface area contributed by atoms with Crippen molar-refractivity contribution in [1.29, 1.82) is 0 Å². The predicted octanol–water partition coefficient (Wildman–Crippen LogP) is 0.814. The highest BCUT2D eigenvalue weighted by Crippen LogP contribution is 2.21. The molecule has 1 rings (SSSR count). The van der Waals surface area contributed by atoms with Gasteiger partial charge in [-0.1, -0.05) is 13.8 Å². The number of carboxylic acids is 1. The van der Waals surface area contributed by atoms with Crippen molar-refractivity contribution < 1.29 is 19.5 Å². The Morgan fingerprint density at radius 1 is 1.45 bits per heavy atom. The van der Waals surface area contributed by atoms with Gasteiger partial charge in [0, 0.05) is 39.5 Å². The molecule has 0 aromatic carbocycles. The summed E-state index contributed by atoms with van der Waals surface area (Å²) in [4.78, 5) is 37.8. The number of rotatable bonds is 7. The summed E-state index contributed by atoms with van der Waals surface area (Å²) >= 11 is 0. The molecule has 1 N–H and O–H groups in total. The third kappa shape index (κ3) is 4.83. The van der Waals surface area contributed by atoms with Gasteiger partial charge in [0.15, 0.2) is 0 Å². The van der Waals surface area contributed by atoms with E-state index in [1.807, 2.05) is 13.8 Å². The van der Waals surface area contributed by atoms with E-state index in [9.17, 15) is 14.4 Å². The number of likely N-dealkylation sites (tertiary alicyclic amines) is 1. The zero-order chi connectivity index (χ0) is 15.3. The Hall–Kier alpha value is -1.59. The molecule has 1 aliphatic rings. The van der Waals surface area contributed by atoms with E-state index in [2.05, 4.69) is 0 Å². The maximum absolute atomic E-state index is 12.2. The highest BCUT2D eigenvalue weighted by atomic mass is 16.4. The van der Waals surface area contributed by atoms with E-state index in [4.69, 9.17) is 5.11 Å². The van der Waals surface area contributed by atoms with Crippen molar-refractivity contribution in [2.75, 3.05) is 26.7 Å². The van der Waals surface area contributed by atoms with Crippen LogP contribution in [0.5, 0.6) is 0 Å². The fraction of sp³-hybridized carbons (Fsp3) is 0.786. The van der Waals surface area contributed by atoms with E-state index in [1.165, 1.54) is 0 Å². The third-order valence-electron chi connectivity index (χ3n) is 3.41. The average Bonchev–Trinajstić information content (AvgIpc) is 2.68. The van der Waals surface area contributed by atoms with Crippen LogP contribution in [0, 0.1) is 11.8 Å². The molecule has 1 fully saturated rings. The van der Waals surface area contributed by atoms with Crippen molar-refractivity contribution in [3.05, 3.63) is 0 Å². The van der Waals surface area contributed by atoms with Gasteiger partial charge in [-0.15, -0.1) is 0 Å². The van der Waals surface area contributed by atoms with E-state index >= 15 is 0 Å². The lowest BCUT2D eigenvalue weighted by molar-refractivity contribution is -0.138. The molecular weight excluding hydrogens is 260 g/mol. The van der Waals surface area contributed by atoms with Gasteiger partial charge in [-0.25, -0.2) is 0 Å². The standard InChI is InChI=1S/C14H24N2O4/c1-10(2)8-16-9-11(7-12(16)17)14(20)15(3)6-4-5-13(18)19/h10-11H,4-9H2,1-3H3,(H,18,19). The van der Waals surface area contributed by atoms with Crippen molar-refractivity contribution in [1.82, 2.24) is 9.80 Å². The Morgan fingerprint density at radius 3 is 2.65 bits per heavy atom. The molecular formula is C14H24N2O4. The topological polar surface area (TPSA) is 77.9 Å². The van der Waals surface area contributed by atoms with Crippen LogP contribution >= 0.6 is 0 Å². The maximum Gasteiger partial charge on any atom is 0.303 e. The number of aliphatic carboxylic acids is 1. The first-order chi connectivity index (χ1) is 9.31. The summed E-state index contributed by atoms with van der Waals surface area (Å²) in [6, 6.07) is 0. The van der Waals surface area contributed by atoms with E-state index in [1.54, 1.807) is 16.8 Å². The van der Waals surface area contributed by atoms with Crippen LogP contribution in [0.1, 0.15) is 33.1 Å². The minimum atomic E-state index is -0.856. The van der Waals surface area contributed by atoms with Crippen LogP contribution < -0.4 is 0 Å². The van der Waals surface area contributed by atoms with Crippen molar-refractivity contribution >= 4 is 17.8 Å². The Bertz CT molecular complexity index is 381. The number of carboxylic acid groups (broad SMARTS) is 1. The van der Waals surface area contributed by atoms with E-state index in [0.717, 1.165) is 0 Å². The molecule has 2 amide bonds. The number of amides is 2. The number of carbonyl (C=O) groups excluding carboxylic acids is 2. The summed E-state index contributed by atoms with van der Waals surface area (Å²) in [5, 5.41) is 8.58. The molecule has 0 aliphatic carbocycles. The zero-order valence-corrected chi connectivity index (χ0v) is 12.5. The minimum Gasteiger partial charge on any atom is -0.481 e. The van der Waals surface area contributed by atoms with Crippen LogP contribution in [0.25, 0.3) is 0 Å². The highest BCUT2D eigenvalue weighted by Gasteiger charge is 2.35. The fourth-order valence-electron chi connectivity index (χ4n) is 2.44. The highest BCUT2D eigenvalue weighted by molar-refractivity contribution is 5.89. The quantitative estimate of drug-likeness (QED) is 0.750. The molecule has 0 radical (unpaired) electrons. The second kappa shape index (κ2) is 7.26. The molecule has 1 unspecified atom stereocenters. The molecule has 1 heterocycles. The molecule has 0 aromatic heterocycles. The van der Waals surface area contributed by atoms with Crippen LogP contribution in [0.3, 0.4) is 0 Å². The summed E-state index contributed by atoms with van der Waals surface area (Å²) in [6.07, 6.45) is 0.767. The van der Waals surface area contributed by atoms with Crippen molar-refractivity contribution in [3.63, 3.8) is 0 Å². The average molecular weight is 284 g/mol. The Balaban J connectivity index is 2.44. The number of hydrogen-bond donors (Lipinski definition) is 1. The normalized spacial score (nSPS) is 18.7. The smallest absolute Gasteiger partial charge is 0.303 e. The van der Waals surface area contributed by atoms with Crippen LogP contribution in [0.4, 0.5) is 0 Å². The summed E-state index contributed by atoms with van der Waals surface area (Å²) in [5.41, 5.74) is 0. The van der Waals surface area contributed by atoms with Gasteiger partial charge in [-0.2, -0.15) is 0 Å². The van der Waals surface area contributed by atoms with Gasteiger partial charge in [-0.3, -0.25) is 14.4 Å².